The molecular weight excluding hydrogens is 875 g/mol. The SMILES string of the molecule is CC[C@H](C)[C@H](NC(=O)[C@H](Cc1ccccc1)NC(=O)[C@@H](NC(=O)[C@H](CC(C)C)NC(=O)[C@H](C)NC(=O)[C@@H](N)CCCN=C(N)N)[C@@H](C)CC)C(=O)N[C@@H](CC(C)C)C(=O)N[C@@H](CC(C)C)C(=O)O. The summed E-state index contributed by atoms with van der Waals surface area (Å²) in [4.78, 5) is 113. The summed E-state index contributed by atoms with van der Waals surface area (Å²) in [5.74, 6) is -6.94. The number of nitrogens with one attached hydrogen (secondary N) is 7. The van der Waals surface area contributed by atoms with E-state index < -0.39 is 107 Å². The molecule has 14 N–H and O–H groups in total. The van der Waals surface area contributed by atoms with Crippen LogP contribution in [0.2, 0.25) is 0 Å². The van der Waals surface area contributed by atoms with Crippen LogP contribution in [-0.4, -0.2) is 113 Å². The molecule has 0 aliphatic rings. The van der Waals surface area contributed by atoms with Gasteiger partial charge in [-0.1, -0.05) is 112 Å². The van der Waals surface area contributed by atoms with Gasteiger partial charge in [0.1, 0.15) is 42.3 Å². The summed E-state index contributed by atoms with van der Waals surface area (Å²) in [5.41, 5.74) is 17.4. The van der Waals surface area contributed by atoms with E-state index in [0.717, 1.165) is 0 Å². The predicted molar refractivity (Wildman–Crippen MR) is 262 cm³/mol. The molecule has 0 spiro atoms. The third-order valence-corrected chi connectivity index (χ3v) is 11.6. The molecule has 1 rings (SSSR count). The molecule has 7 amide bonds. The summed E-state index contributed by atoms with van der Waals surface area (Å²) in [6.45, 7) is 20.0. The summed E-state index contributed by atoms with van der Waals surface area (Å²) in [6.07, 6.45) is 2.14. The Hall–Kier alpha value is -5.79. The highest BCUT2D eigenvalue weighted by molar-refractivity contribution is 5.97. The van der Waals surface area contributed by atoms with Gasteiger partial charge in [0.05, 0.1) is 6.04 Å². The van der Waals surface area contributed by atoms with E-state index in [1.165, 1.54) is 6.92 Å². The van der Waals surface area contributed by atoms with Gasteiger partial charge in [-0.2, -0.15) is 0 Å². The van der Waals surface area contributed by atoms with Crippen LogP contribution in [0, 0.1) is 29.6 Å². The van der Waals surface area contributed by atoms with Gasteiger partial charge in [0.2, 0.25) is 41.4 Å². The van der Waals surface area contributed by atoms with Crippen LogP contribution in [0.4, 0.5) is 0 Å². The molecule has 1 aromatic carbocycles. The number of guanidine groups is 1. The third kappa shape index (κ3) is 22.3. The zero-order valence-corrected chi connectivity index (χ0v) is 42.1. The summed E-state index contributed by atoms with van der Waals surface area (Å²) >= 11 is 0. The number of hydrogen-bond acceptors (Lipinski definition) is 10. The summed E-state index contributed by atoms with van der Waals surface area (Å²) < 4.78 is 0. The molecule has 0 aliphatic carbocycles. The maximum absolute atomic E-state index is 14.4. The minimum absolute atomic E-state index is 0.00873. The predicted octanol–water partition coefficient (Wildman–Crippen LogP) is 1.34. The van der Waals surface area contributed by atoms with E-state index in [-0.39, 0.29) is 62.4 Å². The van der Waals surface area contributed by atoms with E-state index in [1.807, 2.05) is 55.4 Å². The average Bonchev–Trinajstić information content (AvgIpc) is 3.26. The van der Waals surface area contributed by atoms with Gasteiger partial charge >= 0.3 is 5.97 Å². The second-order valence-corrected chi connectivity index (χ2v) is 19.2. The van der Waals surface area contributed by atoms with Gasteiger partial charge in [0.15, 0.2) is 5.96 Å². The first-order valence-electron chi connectivity index (χ1n) is 24.0. The highest BCUT2D eigenvalue weighted by Gasteiger charge is 2.37. The topological polar surface area (TPSA) is 331 Å². The minimum atomic E-state index is -1.25. The van der Waals surface area contributed by atoms with Crippen molar-refractivity contribution in [3.63, 3.8) is 0 Å². The van der Waals surface area contributed by atoms with E-state index in [2.05, 4.69) is 42.2 Å². The van der Waals surface area contributed by atoms with Crippen LogP contribution in [0.15, 0.2) is 35.3 Å². The first-order chi connectivity index (χ1) is 31.8. The van der Waals surface area contributed by atoms with Crippen LogP contribution in [0.1, 0.15) is 127 Å². The van der Waals surface area contributed by atoms with Crippen LogP contribution < -0.4 is 54.4 Å². The van der Waals surface area contributed by atoms with Gasteiger partial charge in [-0.25, -0.2) is 4.79 Å². The number of aliphatic imine (C=N–C) groups is 1. The van der Waals surface area contributed by atoms with Crippen molar-refractivity contribution in [1.82, 2.24) is 37.2 Å². The molecule has 0 bridgehead atoms. The molecule has 0 heterocycles. The van der Waals surface area contributed by atoms with E-state index in [9.17, 15) is 43.5 Å². The number of carboxylic acid groups (broad SMARTS) is 1. The van der Waals surface area contributed by atoms with Crippen LogP contribution in [0.25, 0.3) is 0 Å². The highest BCUT2D eigenvalue weighted by atomic mass is 16.4. The number of carbonyl (C=O) groups excluding carboxylic acids is 7. The summed E-state index contributed by atoms with van der Waals surface area (Å²) in [7, 11) is 0. The normalized spacial score (nSPS) is 15.8. The number of aliphatic carboxylic acids is 1. The van der Waals surface area contributed by atoms with Crippen LogP contribution >= 0.6 is 0 Å². The Morgan fingerprint density at radius 1 is 0.544 bits per heavy atom. The first-order valence-corrected chi connectivity index (χ1v) is 24.0. The number of nitrogens with two attached hydrogens (primary N) is 3. The van der Waals surface area contributed by atoms with Gasteiger partial charge in [-0.05, 0) is 74.2 Å². The van der Waals surface area contributed by atoms with Gasteiger partial charge in [0.25, 0.3) is 0 Å². The third-order valence-electron chi connectivity index (χ3n) is 11.6. The van der Waals surface area contributed by atoms with E-state index in [0.29, 0.717) is 24.8 Å². The van der Waals surface area contributed by atoms with Crippen molar-refractivity contribution in [3.8, 4) is 0 Å². The Labute approximate surface area is 403 Å². The van der Waals surface area contributed by atoms with Gasteiger partial charge < -0.3 is 59.5 Å². The molecule has 0 aliphatic heterocycles. The fourth-order valence-electron chi connectivity index (χ4n) is 7.20. The Bertz CT molecular complexity index is 1820. The zero-order valence-electron chi connectivity index (χ0n) is 42.1. The summed E-state index contributed by atoms with van der Waals surface area (Å²) in [5, 5.41) is 28.9. The molecule has 384 valence electrons. The number of rotatable bonds is 31. The Balaban J connectivity index is 3.43. The molecule has 20 heteroatoms. The lowest BCUT2D eigenvalue weighted by atomic mass is 9.94. The maximum atomic E-state index is 14.4. The van der Waals surface area contributed by atoms with Crippen molar-refractivity contribution in [2.75, 3.05) is 6.54 Å². The second-order valence-electron chi connectivity index (χ2n) is 19.2. The Morgan fingerprint density at radius 2 is 0.956 bits per heavy atom. The fourth-order valence-corrected chi connectivity index (χ4v) is 7.20. The smallest absolute Gasteiger partial charge is 0.326 e. The molecule has 0 radical (unpaired) electrons. The lowest BCUT2D eigenvalue weighted by molar-refractivity contribution is -0.143. The average molecular weight is 958 g/mol. The molecule has 0 saturated heterocycles. The number of benzene rings is 1. The molecule has 0 saturated carbocycles. The lowest BCUT2D eigenvalue weighted by Gasteiger charge is -2.31. The molecule has 20 nitrogen and oxygen atoms in total. The number of hydrogen-bond donors (Lipinski definition) is 11. The molecule has 68 heavy (non-hydrogen) atoms. The summed E-state index contributed by atoms with van der Waals surface area (Å²) in [6, 6.07) is -0.0645. The lowest BCUT2D eigenvalue weighted by Crippen LogP contribution is -2.62. The number of nitrogens with zero attached hydrogens (tertiary/aromatic N) is 1. The van der Waals surface area contributed by atoms with Crippen LogP contribution in [-0.2, 0) is 44.8 Å². The number of carbonyl (C=O) groups is 8. The quantitative estimate of drug-likeness (QED) is 0.0286. The van der Waals surface area contributed by atoms with Gasteiger partial charge in [-0.3, -0.25) is 38.6 Å². The van der Waals surface area contributed by atoms with E-state index >= 15 is 0 Å². The standard InChI is InChI=1S/C48H83N11O9/c1-12-29(9)38(45(65)55-34(22-26(3)4)42(62)57-37(47(67)68)24-28(7)8)59-44(64)36(25-32-18-15-14-16-19-32)56-46(66)39(30(10)13-2)58-43(63)35(23-27(5)6)54-40(60)31(11)53-41(61)33(49)20-17-21-52-48(50)51/h14-16,18-19,26-31,33-39H,12-13,17,20-25,49H2,1-11H3,(H,53,61)(H,54,60)(H,55,65)(H,56,66)(H,57,62)(H,58,63)(H,59,64)(H,67,68)(H4,50,51,52)/t29-,30-,31-,33-,34-,35-,36-,37-,38-,39-/m0/s1. The maximum Gasteiger partial charge on any atom is 0.326 e. The number of carboxylic acids is 1. The van der Waals surface area contributed by atoms with Crippen molar-refractivity contribution in [2.45, 2.75) is 176 Å². The first kappa shape index (κ1) is 60.2. The number of amides is 7. The molecule has 0 fully saturated rings. The highest BCUT2D eigenvalue weighted by Crippen LogP contribution is 2.16. The van der Waals surface area contributed by atoms with E-state index in [4.69, 9.17) is 17.2 Å². The molecule has 0 unspecified atom stereocenters. The van der Waals surface area contributed by atoms with Crippen molar-refractivity contribution in [1.29, 1.82) is 0 Å². The van der Waals surface area contributed by atoms with Crippen molar-refractivity contribution >= 4 is 53.3 Å². The van der Waals surface area contributed by atoms with Crippen molar-refractivity contribution in [2.24, 2.45) is 51.8 Å². The van der Waals surface area contributed by atoms with Crippen LogP contribution in [0.5, 0.6) is 0 Å². The molecule has 1 aromatic rings. The molecular formula is C48H83N11O9. The minimum Gasteiger partial charge on any atom is -0.480 e. The monoisotopic (exact) mass is 958 g/mol. The van der Waals surface area contributed by atoms with Crippen molar-refractivity contribution < 1.29 is 43.5 Å². The second kappa shape index (κ2) is 30.6. The van der Waals surface area contributed by atoms with Crippen molar-refractivity contribution in [3.05, 3.63) is 35.9 Å². The molecule has 0 aromatic heterocycles. The Kier molecular flexibility index (Phi) is 27.1. The van der Waals surface area contributed by atoms with Gasteiger partial charge in [0, 0.05) is 13.0 Å². The Morgan fingerprint density at radius 3 is 1.40 bits per heavy atom. The van der Waals surface area contributed by atoms with Crippen LogP contribution in [0.3, 0.4) is 0 Å². The fraction of sp³-hybridized carbons (Fsp3) is 0.688. The molecule has 10 atom stereocenters. The van der Waals surface area contributed by atoms with Gasteiger partial charge in [-0.15, -0.1) is 0 Å². The largest absolute Gasteiger partial charge is 0.480 e. The van der Waals surface area contributed by atoms with E-state index in [1.54, 1.807) is 44.2 Å². The zero-order chi connectivity index (χ0) is 51.8.